The molecule has 0 aliphatic carbocycles. The van der Waals surface area contributed by atoms with E-state index < -0.39 is 0 Å². The van der Waals surface area contributed by atoms with Crippen molar-refractivity contribution >= 4 is 5.91 Å². The summed E-state index contributed by atoms with van der Waals surface area (Å²) in [6, 6.07) is 7.88. The van der Waals surface area contributed by atoms with E-state index in [-0.39, 0.29) is 5.91 Å². The molecule has 3 rings (SSSR count). The maximum atomic E-state index is 12.4. The summed E-state index contributed by atoms with van der Waals surface area (Å²) in [6.45, 7) is 5.83. The first-order valence-corrected chi connectivity index (χ1v) is 8.57. The van der Waals surface area contributed by atoms with Crippen molar-refractivity contribution in [3.05, 3.63) is 41.2 Å². The Hall–Kier alpha value is -2.41. The quantitative estimate of drug-likeness (QED) is 0.794. The molecule has 0 atom stereocenters. The number of benzene rings is 1. The number of ether oxygens (including phenoxy) is 1. The van der Waals surface area contributed by atoms with Crippen molar-refractivity contribution in [3.63, 3.8) is 0 Å². The lowest BCUT2D eigenvalue weighted by Gasteiger charge is -2.34. The summed E-state index contributed by atoms with van der Waals surface area (Å²) in [5, 5.41) is 7.73. The molecule has 0 saturated carbocycles. The fourth-order valence-corrected chi connectivity index (χ4v) is 2.96. The fourth-order valence-electron chi connectivity index (χ4n) is 2.96. The van der Waals surface area contributed by atoms with E-state index in [0.717, 1.165) is 61.8 Å². The van der Waals surface area contributed by atoms with Gasteiger partial charge in [0.1, 0.15) is 17.1 Å². The zero-order valence-electron chi connectivity index (χ0n) is 14.8. The highest BCUT2D eigenvalue weighted by atomic mass is 16.6. The molecule has 7 nitrogen and oxygen atoms in total. The lowest BCUT2D eigenvalue weighted by Crippen LogP contribution is -2.48. The van der Waals surface area contributed by atoms with Crippen LogP contribution in [0.2, 0.25) is 0 Å². The van der Waals surface area contributed by atoms with Crippen LogP contribution >= 0.6 is 0 Å². The van der Waals surface area contributed by atoms with Crippen molar-refractivity contribution in [1.29, 1.82) is 0 Å². The Morgan fingerprint density at radius 1 is 1.16 bits per heavy atom. The molecular formula is C18H24N4O3. The molecule has 1 aromatic heterocycles. The molecule has 2 aromatic rings. The number of methoxy groups -OCH3 is 1. The summed E-state index contributed by atoms with van der Waals surface area (Å²) in [7, 11) is 1.65. The van der Waals surface area contributed by atoms with E-state index in [0.29, 0.717) is 6.42 Å². The van der Waals surface area contributed by atoms with Crippen molar-refractivity contribution in [1.82, 2.24) is 20.1 Å². The minimum atomic E-state index is 0.217. The standard InChI is InChI=1S/C18H24N4O3/c1-14-17(20-25-19-14)13-21-9-11-22(12-10-21)18(23)8-5-15-3-6-16(24-2)7-4-15/h3-4,6-7H,5,8-13H2,1-2H3. The maximum absolute atomic E-state index is 12.4. The largest absolute Gasteiger partial charge is 0.497 e. The molecule has 1 aromatic carbocycles. The number of aryl methyl sites for hydroxylation is 2. The molecule has 1 aliphatic heterocycles. The van der Waals surface area contributed by atoms with Crippen LogP contribution in [0.25, 0.3) is 0 Å². The van der Waals surface area contributed by atoms with Crippen molar-refractivity contribution in [2.75, 3.05) is 33.3 Å². The van der Waals surface area contributed by atoms with Crippen molar-refractivity contribution < 1.29 is 14.2 Å². The number of carbonyl (C=O) groups excluding carboxylic acids is 1. The van der Waals surface area contributed by atoms with Gasteiger partial charge in [-0.05, 0) is 31.0 Å². The van der Waals surface area contributed by atoms with Crippen LogP contribution in [0.15, 0.2) is 28.9 Å². The predicted molar refractivity (Wildman–Crippen MR) is 92.2 cm³/mol. The van der Waals surface area contributed by atoms with Crippen molar-refractivity contribution in [2.45, 2.75) is 26.3 Å². The average molecular weight is 344 g/mol. The highest BCUT2D eigenvalue weighted by molar-refractivity contribution is 5.76. The third-order valence-corrected chi connectivity index (χ3v) is 4.63. The highest BCUT2D eigenvalue weighted by Gasteiger charge is 2.22. The van der Waals surface area contributed by atoms with Gasteiger partial charge in [-0.2, -0.15) is 0 Å². The summed E-state index contributed by atoms with van der Waals surface area (Å²) in [6.07, 6.45) is 1.30. The third kappa shape index (κ3) is 4.57. The van der Waals surface area contributed by atoms with Gasteiger partial charge in [-0.1, -0.05) is 22.4 Å². The molecule has 7 heteroatoms. The van der Waals surface area contributed by atoms with Gasteiger partial charge in [0.25, 0.3) is 0 Å². The topological polar surface area (TPSA) is 71.7 Å². The normalized spacial score (nSPS) is 15.4. The van der Waals surface area contributed by atoms with Crippen LogP contribution in [-0.4, -0.2) is 59.3 Å². The Balaban J connectivity index is 1.42. The summed E-state index contributed by atoms with van der Waals surface area (Å²) in [4.78, 5) is 16.6. The van der Waals surface area contributed by atoms with Crippen molar-refractivity contribution in [3.8, 4) is 5.75 Å². The van der Waals surface area contributed by atoms with Crippen LogP contribution in [0.5, 0.6) is 5.75 Å². The van der Waals surface area contributed by atoms with Crippen LogP contribution < -0.4 is 4.74 Å². The number of aromatic nitrogens is 2. The highest BCUT2D eigenvalue weighted by Crippen LogP contribution is 2.14. The molecule has 0 unspecified atom stereocenters. The zero-order valence-corrected chi connectivity index (χ0v) is 14.8. The van der Waals surface area contributed by atoms with E-state index in [1.165, 1.54) is 0 Å². The molecule has 2 heterocycles. The lowest BCUT2D eigenvalue weighted by atomic mass is 10.1. The van der Waals surface area contributed by atoms with Gasteiger partial charge in [-0.15, -0.1) is 0 Å². The minimum absolute atomic E-state index is 0.217. The van der Waals surface area contributed by atoms with Crippen LogP contribution in [0.1, 0.15) is 23.4 Å². The molecule has 0 bridgehead atoms. The van der Waals surface area contributed by atoms with Gasteiger partial charge in [0.15, 0.2) is 0 Å². The predicted octanol–water partition coefficient (Wildman–Crippen LogP) is 1.66. The SMILES string of the molecule is COc1ccc(CCC(=O)N2CCN(Cc3nonc3C)CC2)cc1. The van der Waals surface area contributed by atoms with E-state index in [4.69, 9.17) is 9.37 Å². The Kier molecular flexibility index (Phi) is 5.65. The van der Waals surface area contributed by atoms with Crippen LogP contribution in [-0.2, 0) is 17.8 Å². The number of carbonyl (C=O) groups is 1. The maximum Gasteiger partial charge on any atom is 0.222 e. The molecule has 25 heavy (non-hydrogen) atoms. The molecule has 1 saturated heterocycles. The van der Waals surface area contributed by atoms with Crippen molar-refractivity contribution in [2.24, 2.45) is 0 Å². The number of hydrogen-bond donors (Lipinski definition) is 0. The fraction of sp³-hybridized carbons (Fsp3) is 0.500. The number of amides is 1. The smallest absolute Gasteiger partial charge is 0.222 e. The summed E-state index contributed by atoms with van der Waals surface area (Å²) in [5.41, 5.74) is 2.86. The molecule has 0 radical (unpaired) electrons. The minimum Gasteiger partial charge on any atom is -0.497 e. The lowest BCUT2D eigenvalue weighted by molar-refractivity contribution is -0.133. The third-order valence-electron chi connectivity index (χ3n) is 4.63. The van der Waals surface area contributed by atoms with Gasteiger partial charge in [0.2, 0.25) is 5.91 Å². The molecule has 1 fully saturated rings. The Morgan fingerprint density at radius 2 is 1.88 bits per heavy atom. The first-order valence-electron chi connectivity index (χ1n) is 8.57. The second kappa shape index (κ2) is 8.11. The number of piperazine rings is 1. The average Bonchev–Trinajstić information content (AvgIpc) is 3.05. The van der Waals surface area contributed by atoms with Gasteiger partial charge < -0.3 is 9.64 Å². The first-order chi connectivity index (χ1) is 12.2. The van der Waals surface area contributed by atoms with Gasteiger partial charge in [0.05, 0.1) is 7.11 Å². The van der Waals surface area contributed by atoms with E-state index in [9.17, 15) is 4.79 Å². The summed E-state index contributed by atoms with van der Waals surface area (Å²) >= 11 is 0. The number of nitrogens with zero attached hydrogens (tertiary/aromatic N) is 4. The number of rotatable bonds is 6. The monoisotopic (exact) mass is 344 g/mol. The Morgan fingerprint density at radius 3 is 2.48 bits per heavy atom. The van der Waals surface area contributed by atoms with Gasteiger partial charge in [-0.25, -0.2) is 4.63 Å². The van der Waals surface area contributed by atoms with E-state index in [2.05, 4.69) is 15.2 Å². The van der Waals surface area contributed by atoms with E-state index in [1.54, 1.807) is 7.11 Å². The molecule has 0 spiro atoms. The molecule has 0 N–H and O–H groups in total. The second-order valence-electron chi connectivity index (χ2n) is 6.30. The molecule has 134 valence electrons. The summed E-state index contributed by atoms with van der Waals surface area (Å²) < 4.78 is 9.89. The molecule has 1 aliphatic rings. The number of hydrogen-bond acceptors (Lipinski definition) is 6. The molecular weight excluding hydrogens is 320 g/mol. The second-order valence-corrected chi connectivity index (χ2v) is 6.30. The van der Waals surface area contributed by atoms with Gasteiger partial charge in [-0.3, -0.25) is 9.69 Å². The van der Waals surface area contributed by atoms with Gasteiger partial charge in [0, 0.05) is 39.1 Å². The Labute approximate surface area is 147 Å². The van der Waals surface area contributed by atoms with E-state index >= 15 is 0 Å². The van der Waals surface area contributed by atoms with Crippen LogP contribution in [0.3, 0.4) is 0 Å². The summed E-state index contributed by atoms with van der Waals surface area (Å²) in [5.74, 6) is 1.05. The van der Waals surface area contributed by atoms with Crippen LogP contribution in [0.4, 0.5) is 0 Å². The van der Waals surface area contributed by atoms with Crippen LogP contribution in [0, 0.1) is 6.92 Å². The van der Waals surface area contributed by atoms with E-state index in [1.807, 2.05) is 36.1 Å². The first kappa shape index (κ1) is 17.4. The zero-order chi connectivity index (χ0) is 17.6. The van der Waals surface area contributed by atoms with Gasteiger partial charge >= 0.3 is 0 Å². The Bertz CT molecular complexity index is 691. The molecule has 1 amide bonds.